The van der Waals surface area contributed by atoms with Crippen LogP contribution in [0.15, 0.2) is 0 Å². The first-order valence-electron chi connectivity index (χ1n) is 12.7. The topological polar surface area (TPSA) is 197 Å². The lowest BCUT2D eigenvalue weighted by atomic mass is 9.97. The third-order valence-corrected chi connectivity index (χ3v) is 7.36. The predicted octanol–water partition coefficient (Wildman–Crippen LogP) is -2.37. The van der Waals surface area contributed by atoms with Crippen molar-refractivity contribution < 1.29 is 64.2 Å². The summed E-state index contributed by atoms with van der Waals surface area (Å²) >= 11 is 4.18. The summed E-state index contributed by atoms with van der Waals surface area (Å²) in [6.07, 6.45) is -17.1. The summed E-state index contributed by atoms with van der Waals surface area (Å²) < 4.78 is 34.1. The van der Waals surface area contributed by atoms with Crippen LogP contribution in [0.5, 0.6) is 0 Å². The van der Waals surface area contributed by atoms with Gasteiger partial charge in [0.25, 0.3) is 0 Å². The molecule has 15 atom stereocenters. The number of thiol groups is 1. The Labute approximate surface area is 221 Å². The van der Waals surface area contributed by atoms with Crippen molar-refractivity contribution in [1.29, 1.82) is 0 Å². The molecule has 0 spiro atoms. The lowest BCUT2D eigenvalue weighted by Crippen LogP contribution is -2.65. The van der Waals surface area contributed by atoms with E-state index in [1.807, 2.05) is 0 Å². The van der Waals surface area contributed by atoms with E-state index in [1.54, 1.807) is 6.92 Å². The minimum absolute atomic E-state index is 0.298. The zero-order valence-corrected chi connectivity index (χ0v) is 22.1. The highest BCUT2D eigenvalue weighted by molar-refractivity contribution is 7.80. The average Bonchev–Trinajstić information content (AvgIpc) is 2.87. The third kappa shape index (κ3) is 7.32. The van der Waals surface area contributed by atoms with Crippen LogP contribution >= 0.6 is 12.6 Å². The molecule has 0 bridgehead atoms. The zero-order valence-electron chi connectivity index (χ0n) is 21.2. The molecule has 0 unspecified atom stereocenters. The average molecular weight is 559 g/mol. The fourth-order valence-electron chi connectivity index (χ4n) is 4.58. The maximum absolute atomic E-state index is 11.0. The van der Waals surface area contributed by atoms with Crippen LogP contribution < -0.4 is 0 Å². The van der Waals surface area contributed by atoms with Gasteiger partial charge in [-0.3, -0.25) is 0 Å². The summed E-state index contributed by atoms with van der Waals surface area (Å²) in [6.45, 7) is 4.85. The molecule has 37 heavy (non-hydrogen) atoms. The maximum atomic E-state index is 11.0. The molecule has 0 aromatic carbocycles. The fourth-order valence-corrected chi connectivity index (χ4v) is 4.80. The van der Waals surface area contributed by atoms with Crippen LogP contribution in [-0.4, -0.2) is 140 Å². The summed E-state index contributed by atoms with van der Waals surface area (Å²) in [5, 5.41) is 73.0. The zero-order chi connectivity index (χ0) is 27.4. The number of rotatable bonds is 10. The number of aliphatic hydroxyl groups excluding tert-OH is 7. The molecule has 0 aromatic heterocycles. The number of hydrogen-bond donors (Lipinski definition) is 8. The maximum Gasteiger partial charge on any atom is 0.187 e. The van der Waals surface area contributed by atoms with Crippen molar-refractivity contribution in [3.8, 4) is 0 Å². The molecule has 0 aromatic rings. The second-order valence-corrected chi connectivity index (χ2v) is 10.4. The van der Waals surface area contributed by atoms with Gasteiger partial charge in [-0.05, 0) is 39.4 Å². The predicted molar refractivity (Wildman–Crippen MR) is 128 cm³/mol. The fraction of sp³-hybridized carbons (Fsp3) is 1.00. The molecule has 14 heteroatoms. The first kappa shape index (κ1) is 31.4. The van der Waals surface area contributed by atoms with Gasteiger partial charge in [0.15, 0.2) is 18.9 Å². The summed E-state index contributed by atoms with van der Waals surface area (Å²) in [4.78, 5) is 0. The quantitative estimate of drug-likeness (QED) is 0.105. The second kappa shape index (κ2) is 13.9. The van der Waals surface area contributed by atoms with Crippen molar-refractivity contribution >= 4 is 12.6 Å². The molecule has 0 radical (unpaired) electrons. The van der Waals surface area contributed by atoms with Crippen molar-refractivity contribution in [2.45, 2.75) is 132 Å². The standard InChI is InChI=1S/C23H42O13S/c1-9-12(24)15(27)17(29)21(32-9)35-19-14(26)11(3)33-22(18(19)30)36-20-16(28)13(25)10(2)34-23(20)31-7-5-4-6-8-37/h9-30,37H,4-8H2,1-3H3/t9-,10-,11-,12-,13-,14-,15+,16+,17+,18+,19+,20+,21-,22-,23+/m0/s1. The van der Waals surface area contributed by atoms with Gasteiger partial charge < -0.3 is 64.2 Å². The number of hydrogen-bond acceptors (Lipinski definition) is 14. The van der Waals surface area contributed by atoms with Gasteiger partial charge in [-0.2, -0.15) is 12.6 Å². The summed E-state index contributed by atoms with van der Waals surface area (Å²) in [7, 11) is 0. The molecule has 7 N–H and O–H groups in total. The smallest absolute Gasteiger partial charge is 0.187 e. The van der Waals surface area contributed by atoms with Crippen LogP contribution in [0.1, 0.15) is 40.0 Å². The van der Waals surface area contributed by atoms with Gasteiger partial charge in [0, 0.05) is 6.61 Å². The van der Waals surface area contributed by atoms with Crippen molar-refractivity contribution in [2.75, 3.05) is 12.4 Å². The molecule has 3 rings (SSSR count). The van der Waals surface area contributed by atoms with Crippen LogP contribution in [0.3, 0.4) is 0 Å². The number of ether oxygens (including phenoxy) is 6. The Bertz CT molecular complexity index is 691. The Morgan fingerprint density at radius 1 is 0.541 bits per heavy atom. The molecule has 0 aliphatic carbocycles. The number of unbranched alkanes of at least 4 members (excludes halogenated alkanes) is 2. The van der Waals surface area contributed by atoms with Crippen LogP contribution in [-0.2, 0) is 28.4 Å². The van der Waals surface area contributed by atoms with Gasteiger partial charge in [0.05, 0.1) is 18.3 Å². The molecule has 218 valence electrons. The van der Waals surface area contributed by atoms with E-state index in [9.17, 15) is 35.7 Å². The molecule has 13 nitrogen and oxygen atoms in total. The Morgan fingerprint density at radius 2 is 1.05 bits per heavy atom. The van der Waals surface area contributed by atoms with E-state index in [1.165, 1.54) is 13.8 Å². The molecule has 3 aliphatic heterocycles. The minimum atomic E-state index is -1.66. The van der Waals surface area contributed by atoms with Crippen LogP contribution in [0, 0.1) is 0 Å². The highest BCUT2D eigenvalue weighted by Crippen LogP contribution is 2.32. The van der Waals surface area contributed by atoms with Crippen molar-refractivity contribution in [3.63, 3.8) is 0 Å². The number of aliphatic hydroxyl groups is 7. The second-order valence-electron chi connectivity index (χ2n) is 9.92. The van der Waals surface area contributed by atoms with E-state index < -0.39 is 92.1 Å². The van der Waals surface area contributed by atoms with Crippen LogP contribution in [0.4, 0.5) is 0 Å². The van der Waals surface area contributed by atoms with E-state index in [-0.39, 0.29) is 0 Å². The SMILES string of the molecule is C[C@@H]1O[C@@H](O[C@@H]2[C@@H](O)[C@H](C)O[C@@H](O[C@H]3[C@H](OCCCCCS)O[C@@H](C)[C@H](O)[C@H]3O)[C@@H]2O)[C@H](O)[C@H](O)[C@H]1O. The molecular formula is C23H42O13S. The van der Waals surface area contributed by atoms with Gasteiger partial charge >= 0.3 is 0 Å². The van der Waals surface area contributed by atoms with Gasteiger partial charge in [-0.1, -0.05) is 6.42 Å². The van der Waals surface area contributed by atoms with E-state index in [0.29, 0.717) is 13.0 Å². The minimum Gasteiger partial charge on any atom is -0.388 e. The van der Waals surface area contributed by atoms with Gasteiger partial charge in [0.1, 0.15) is 54.9 Å². The molecule has 3 heterocycles. The van der Waals surface area contributed by atoms with Crippen molar-refractivity contribution in [1.82, 2.24) is 0 Å². The van der Waals surface area contributed by atoms with Gasteiger partial charge in [0.2, 0.25) is 0 Å². The summed E-state index contributed by atoms with van der Waals surface area (Å²) in [5.41, 5.74) is 0. The highest BCUT2D eigenvalue weighted by Gasteiger charge is 2.52. The Hall–Kier alpha value is -0.170. The van der Waals surface area contributed by atoms with E-state index in [4.69, 9.17) is 28.4 Å². The lowest BCUT2D eigenvalue weighted by Gasteiger charge is -2.47. The third-order valence-electron chi connectivity index (χ3n) is 7.04. The molecule has 0 saturated carbocycles. The van der Waals surface area contributed by atoms with E-state index >= 15 is 0 Å². The Kier molecular flexibility index (Phi) is 11.8. The molecule has 3 aliphatic rings. The molecule has 3 fully saturated rings. The largest absolute Gasteiger partial charge is 0.388 e. The first-order chi connectivity index (χ1) is 17.5. The van der Waals surface area contributed by atoms with Gasteiger partial charge in [-0.25, -0.2) is 0 Å². The Balaban J connectivity index is 1.70. The first-order valence-corrected chi connectivity index (χ1v) is 13.4. The van der Waals surface area contributed by atoms with Crippen LogP contribution in [0.2, 0.25) is 0 Å². The Morgan fingerprint density at radius 3 is 1.68 bits per heavy atom. The van der Waals surface area contributed by atoms with Crippen LogP contribution in [0.25, 0.3) is 0 Å². The molecule has 0 amide bonds. The lowest BCUT2D eigenvalue weighted by molar-refractivity contribution is -0.380. The summed E-state index contributed by atoms with van der Waals surface area (Å²) in [5.74, 6) is 0.749. The van der Waals surface area contributed by atoms with E-state index in [0.717, 1.165) is 18.6 Å². The highest BCUT2D eigenvalue weighted by atomic mass is 32.1. The van der Waals surface area contributed by atoms with Crippen molar-refractivity contribution in [3.05, 3.63) is 0 Å². The molecule has 3 saturated heterocycles. The monoisotopic (exact) mass is 558 g/mol. The van der Waals surface area contributed by atoms with E-state index in [2.05, 4.69) is 12.6 Å². The van der Waals surface area contributed by atoms with Gasteiger partial charge in [-0.15, -0.1) is 0 Å². The normalized spacial score (nSPS) is 49.2. The summed E-state index contributed by atoms with van der Waals surface area (Å²) in [6, 6.07) is 0. The van der Waals surface area contributed by atoms with Crippen molar-refractivity contribution in [2.24, 2.45) is 0 Å². The molecular weight excluding hydrogens is 516 g/mol.